The van der Waals surface area contributed by atoms with Crippen LogP contribution in [-0.4, -0.2) is 108 Å². The van der Waals surface area contributed by atoms with Crippen molar-refractivity contribution >= 4 is 35.8 Å². The first-order chi connectivity index (χ1) is 23.3. The predicted octanol–water partition coefficient (Wildman–Crippen LogP) is 2.56. The van der Waals surface area contributed by atoms with E-state index in [1.165, 1.54) is 6.92 Å². The van der Waals surface area contributed by atoms with Crippen LogP contribution in [0.2, 0.25) is 0 Å². The lowest BCUT2D eigenvalue weighted by Gasteiger charge is -2.33. The molecule has 0 rings (SSSR count). The molecule has 0 aliphatic heterocycles. The van der Waals surface area contributed by atoms with E-state index in [4.69, 9.17) is 25.4 Å². The second-order valence-corrected chi connectivity index (χ2v) is 13.5. The van der Waals surface area contributed by atoms with Crippen molar-refractivity contribution in [1.29, 1.82) is 0 Å². The Morgan fingerprint density at radius 3 is 1.54 bits per heavy atom. The van der Waals surface area contributed by atoms with Crippen molar-refractivity contribution in [3.8, 4) is 0 Å². The lowest BCUT2D eigenvalue weighted by atomic mass is 9.87. The fourth-order valence-corrected chi connectivity index (χ4v) is 5.66. The van der Waals surface area contributed by atoms with Gasteiger partial charge in [-0.15, -0.1) is 0 Å². The van der Waals surface area contributed by atoms with E-state index in [2.05, 4.69) is 0 Å². The van der Waals surface area contributed by atoms with Crippen LogP contribution in [0.3, 0.4) is 0 Å². The quantitative estimate of drug-likeness (QED) is 0.0407. The predicted molar refractivity (Wildman–Crippen MR) is 178 cm³/mol. The van der Waals surface area contributed by atoms with Crippen molar-refractivity contribution in [2.75, 3.05) is 0 Å². The number of hydrogen-bond donors (Lipinski definition) is 8. The molecule has 0 heterocycles. The van der Waals surface area contributed by atoms with Crippen molar-refractivity contribution in [3.05, 3.63) is 0 Å². The number of esters is 2. The third-order valence-corrected chi connectivity index (χ3v) is 8.72. The molecule has 0 spiro atoms. The lowest BCUT2D eigenvalue weighted by molar-refractivity contribution is -0.177. The Kier molecular flexibility index (Phi) is 23.1. The van der Waals surface area contributed by atoms with E-state index in [1.807, 2.05) is 13.8 Å². The molecule has 9 N–H and O–H groups in total. The highest BCUT2D eigenvalue weighted by Crippen LogP contribution is 2.29. The molecular weight excluding hydrogens is 662 g/mol. The highest BCUT2D eigenvalue weighted by molar-refractivity contribution is 5.83. The summed E-state index contributed by atoms with van der Waals surface area (Å²) in [7, 11) is 0. The van der Waals surface area contributed by atoms with Crippen LogP contribution in [-0.2, 0) is 38.2 Å². The van der Waals surface area contributed by atoms with E-state index in [0.717, 1.165) is 12.8 Å². The van der Waals surface area contributed by atoms with Crippen molar-refractivity contribution in [2.24, 2.45) is 29.4 Å². The third-order valence-electron chi connectivity index (χ3n) is 8.72. The fraction of sp³-hybridized carbons (Fsp3) is 0.824. The van der Waals surface area contributed by atoms with Gasteiger partial charge in [0.05, 0.1) is 49.7 Å². The van der Waals surface area contributed by atoms with Gasteiger partial charge in [-0.25, -0.2) is 0 Å². The molecule has 16 nitrogen and oxygen atoms in total. The van der Waals surface area contributed by atoms with Gasteiger partial charge in [-0.1, -0.05) is 65.7 Å². The van der Waals surface area contributed by atoms with Crippen LogP contribution in [0.15, 0.2) is 0 Å². The molecule has 0 radical (unpaired) electrons. The van der Waals surface area contributed by atoms with Gasteiger partial charge in [0, 0.05) is 6.04 Å². The highest BCUT2D eigenvalue weighted by Gasteiger charge is 2.37. The van der Waals surface area contributed by atoms with Gasteiger partial charge in [0.2, 0.25) is 0 Å². The summed E-state index contributed by atoms with van der Waals surface area (Å²) in [6, 6.07) is -0.705. The maximum atomic E-state index is 13.0. The van der Waals surface area contributed by atoms with Crippen LogP contribution in [0, 0.1) is 23.7 Å². The molecule has 0 aliphatic rings. The molecule has 0 aromatic heterocycles. The van der Waals surface area contributed by atoms with Crippen LogP contribution in [0.25, 0.3) is 0 Å². The summed E-state index contributed by atoms with van der Waals surface area (Å²) in [5, 5.41) is 67.1. The molecule has 0 bridgehead atoms. The Bertz CT molecular complexity index is 1070. The molecule has 50 heavy (non-hydrogen) atoms. The van der Waals surface area contributed by atoms with Crippen LogP contribution < -0.4 is 5.73 Å². The second-order valence-electron chi connectivity index (χ2n) is 13.5. The maximum absolute atomic E-state index is 13.0. The zero-order valence-electron chi connectivity index (χ0n) is 29.6. The fourth-order valence-electron chi connectivity index (χ4n) is 5.66. The number of unbranched alkanes of at least 4 members (excludes halogenated alkanes) is 4. The molecule has 290 valence electrons. The van der Waals surface area contributed by atoms with E-state index in [-0.39, 0.29) is 18.8 Å². The van der Waals surface area contributed by atoms with Crippen LogP contribution in [0.4, 0.5) is 0 Å². The average Bonchev–Trinajstić information content (AvgIpc) is 3.01. The van der Waals surface area contributed by atoms with Gasteiger partial charge in [0.1, 0.15) is 18.3 Å². The highest BCUT2D eigenvalue weighted by atomic mass is 16.6. The number of ether oxygens (including phenoxy) is 2. The molecule has 2 unspecified atom stereocenters. The summed E-state index contributed by atoms with van der Waals surface area (Å²) in [6.45, 7) is 7.10. The summed E-state index contributed by atoms with van der Waals surface area (Å²) >= 11 is 0. The number of rotatable bonds is 29. The van der Waals surface area contributed by atoms with Crippen LogP contribution >= 0.6 is 0 Å². The molecule has 0 fully saturated rings. The zero-order chi connectivity index (χ0) is 38.6. The SMILES string of the molecule is CCCC[C@@H](C)[C@@H](OC(=O)C[C@@H](CC(=O)O)C(=O)O)[C@H](C[C@@H](C)CCCCCCC(O)C(O)[C@H](O)[C@H](C)N)OC(=O)C[C@@H](CC(=O)O)C(=O)O. The van der Waals surface area contributed by atoms with Gasteiger partial charge in [-0.2, -0.15) is 0 Å². The molecule has 0 saturated carbocycles. The monoisotopic (exact) mass is 721 g/mol. The number of carbonyl (C=O) groups is 6. The Labute approximate surface area is 293 Å². The van der Waals surface area contributed by atoms with Gasteiger partial charge in [-0.05, 0) is 38.0 Å². The minimum absolute atomic E-state index is 0.131. The first kappa shape index (κ1) is 46.7. The normalized spacial score (nSPS) is 17.5. The minimum Gasteiger partial charge on any atom is -0.481 e. The van der Waals surface area contributed by atoms with E-state index >= 15 is 0 Å². The Morgan fingerprint density at radius 2 is 1.10 bits per heavy atom. The van der Waals surface area contributed by atoms with Crippen molar-refractivity contribution in [2.45, 2.75) is 154 Å². The summed E-state index contributed by atoms with van der Waals surface area (Å²) in [4.78, 5) is 71.6. The molecule has 0 amide bonds. The maximum Gasteiger partial charge on any atom is 0.307 e. The number of hydrogen-bond acceptors (Lipinski definition) is 12. The molecule has 0 aromatic carbocycles. The van der Waals surface area contributed by atoms with Crippen LogP contribution in [0.5, 0.6) is 0 Å². The van der Waals surface area contributed by atoms with E-state index in [1.54, 1.807) is 6.92 Å². The number of nitrogens with two attached hydrogens (primary N) is 1. The number of aliphatic hydroxyl groups excluding tert-OH is 3. The Balaban J connectivity index is 5.87. The van der Waals surface area contributed by atoms with Crippen molar-refractivity contribution in [3.63, 3.8) is 0 Å². The molecule has 0 aliphatic carbocycles. The lowest BCUT2D eigenvalue weighted by Crippen LogP contribution is -2.46. The molecular formula is C34H59NO15. The average molecular weight is 722 g/mol. The molecule has 10 atom stereocenters. The minimum atomic E-state index is -1.56. The second kappa shape index (κ2) is 24.7. The van der Waals surface area contributed by atoms with Gasteiger partial charge < -0.3 is 51.0 Å². The number of carboxylic acid groups (broad SMARTS) is 4. The topological polar surface area (TPSA) is 289 Å². The van der Waals surface area contributed by atoms with Gasteiger partial charge in [0.25, 0.3) is 0 Å². The molecule has 0 saturated heterocycles. The summed E-state index contributed by atoms with van der Waals surface area (Å²) in [6.07, 6.45) is -3.29. The van der Waals surface area contributed by atoms with Gasteiger partial charge >= 0.3 is 35.8 Å². The largest absolute Gasteiger partial charge is 0.481 e. The smallest absolute Gasteiger partial charge is 0.307 e. The third kappa shape index (κ3) is 19.7. The van der Waals surface area contributed by atoms with Crippen molar-refractivity contribution in [1.82, 2.24) is 0 Å². The molecule has 16 heteroatoms. The van der Waals surface area contributed by atoms with E-state index in [0.29, 0.717) is 38.5 Å². The standard InChI is InChI=1S/C34H59NO15/c1-5-6-12-20(3)32(50-29(42)18-23(34(47)48)16-27(39)40)25(49-28(41)17-22(33(45)46)15-26(37)38)14-19(2)11-9-7-8-10-13-24(36)31(44)30(43)21(4)35/h19-25,30-32,36,43-44H,5-18,35H2,1-4H3,(H,37,38)(H,39,40)(H,45,46)(H,47,48)/t19-,20+,21-,22+,23+,24?,25-,30+,31?,32+/m0/s1. The number of carbonyl (C=O) groups excluding carboxylic acids is 2. The van der Waals surface area contributed by atoms with E-state index < -0.39 is 116 Å². The summed E-state index contributed by atoms with van der Waals surface area (Å²) in [5.74, 6) is -11.5. The first-order valence-electron chi connectivity index (χ1n) is 17.4. The van der Waals surface area contributed by atoms with E-state index in [9.17, 15) is 54.3 Å². The van der Waals surface area contributed by atoms with Crippen LogP contribution in [0.1, 0.15) is 118 Å². The number of carboxylic acids is 4. The van der Waals surface area contributed by atoms with Crippen molar-refractivity contribution < 1.29 is 74.0 Å². The zero-order valence-corrected chi connectivity index (χ0v) is 29.6. The number of aliphatic carboxylic acids is 4. The Morgan fingerprint density at radius 1 is 0.620 bits per heavy atom. The number of aliphatic hydroxyl groups is 3. The summed E-state index contributed by atoms with van der Waals surface area (Å²) in [5.41, 5.74) is 5.58. The molecule has 0 aromatic rings. The Hall–Kier alpha value is -3.34. The van der Waals surface area contributed by atoms with Gasteiger partial charge in [0.15, 0.2) is 0 Å². The first-order valence-corrected chi connectivity index (χ1v) is 17.4. The summed E-state index contributed by atoms with van der Waals surface area (Å²) < 4.78 is 11.5. The van der Waals surface area contributed by atoms with Gasteiger partial charge in [-0.3, -0.25) is 28.8 Å².